The van der Waals surface area contributed by atoms with Crippen molar-refractivity contribution in [3.05, 3.63) is 35.9 Å². The van der Waals surface area contributed by atoms with Gasteiger partial charge in [0.15, 0.2) is 5.69 Å². The second kappa shape index (κ2) is 9.10. The highest BCUT2D eigenvalue weighted by molar-refractivity contribution is 5.96. The fourth-order valence-electron chi connectivity index (χ4n) is 3.23. The van der Waals surface area contributed by atoms with E-state index in [1.807, 2.05) is 13.1 Å². The summed E-state index contributed by atoms with van der Waals surface area (Å²) in [5, 5.41) is 15.2. The van der Waals surface area contributed by atoms with E-state index < -0.39 is 5.97 Å². The molecule has 2 aromatic rings. The average Bonchev–Trinajstić information content (AvgIpc) is 2.74. The van der Waals surface area contributed by atoms with Crippen LogP contribution in [0.4, 0.5) is 17.3 Å². The number of methoxy groups -OCH3 is 1. The van der Waals surface area contributed by atoms with E-state index in [9.17, 15) is 4.79 Å². The summed E-state index contributed by atoms with van der Waals surface area (Å²) < 4.78 is 4.91. The summed E-state index contributed by atoms with van der Waals surface area (Å²) in [4.78, 5) is 26.7. The Morgan fingerprint density at radius 1 is 1.29 bits per heavy atom. The molecule has 1 aliphatic heterocycles. The average molecular weight is 381 g/mol. The number of anilines is 3. The van der Waals surface area contributed by atoms with Crippen LogP contribution in [0.3, 0.4) is 0 Å². The van der Waals surface area contributed by atoms with Gasteiger partial charge in [0.25, 0.3) is 0 Å². The van der Waals surface area contributed by atoms with Crippen molar-refractivity contribution in [3.8, 4) is 6.07 Å². The van der Waals surface area contributed by atoms with E-state index >= 15 is 0 Å². The van der Waals surface area contributed by atoms with Crippen LogP contribution in [0, 0.1) is 17.2 Å². The van der Waals surface area contributed by atoms with Gasteiger partial charge >= 0.3 is 5.97 Å². The van der Waals surface area contributed by atoms with E-state index in [1.165, 1.54) is 25.7 Å². The minimum atomic E-state index is -0.427. The highest BCUT2D eigenvalue weighted by Gasteiger charge is 2.21. The van der Waals surface area contributed by atoms with Crippen LogP contribution in [0.2, 0.25) is 0 Å². The number of hydrogen-bond acceptors (Lipinski definition) is 9. The predicted octanol–water partition coefficient (Wildman–Crippen LogP) is 1.71. The van der Waals surface area contributed by atoms with Gasteiger partial charge in [-0.05, 0) is 31.8 Å². The number of nitriles is 1. The molecule has 2 N–H and O–H groups in total. The van der Waals surface area contributed by atoms with Gasteiger partial charge in [-0.3, -0.25) is 0 Å². The molecule has 0 bridgehead atoms. The molecule has 9 nitrogen and oxygen atoms in total. The maximum Gasteiger partial charge on any atom is 0.341 e. The quantitative estimate of drug-likeness (QED) is 0.721. The zero-order chi connectivity index (χ0) is 19.9. The maximum absolute atomic E-state index is 12.2. The number of hydrogen-bond donors (Lipinski definition) is 2. The highest BCUT2D eigenvalue weighted by Crippen LogP contribution is 2.26. The van der Waals surface area contributed by atoms with Gasteiger partial charge in [0.1, 0.15) is 23.3 Å². The van der Waals surface area contributed by atoms with Crippen LogP contribution >= 0.6 is 0 Å². The molecule has 0 aliphatic carbocycles. The van der Waals surface area contributed by atoms with Gasteiger partial charge < -0.3 is 20.3 Å². The number of pyridine rings is 1. The van der Waals surface area contributed by atoms with Gasteiger partial charge in [0, 0.05) is 25.9 Å². The van der Waals surface area contributed by atoms with Crippen LogP contribution in [0.25, 0.3) is 0 Å². The Morgan fingerprint density at radius 2 is 2.04 bits per heavy atom. The summed E-state index contributed by atoms with van der Waals surface area (Å²) in [5.41, 5.74) is 1.39. The number of nitrogens with one attached hydrogen (secondary N) is 2. The lowest BCUT2D eigenvalue weighted by Crippen LogP contribution is -2.35. The number of piperidine rings is 1. The zero-order valence-corrected chi connectivity index (χ0v) is 16.0. The van der Waals surface area contributed by atoms with Crippen molar-refractivity contribution >= 4 is 23.3 Å². The summed E-state index contributed by atoms with van der Waals surface area (Å²) in [6, 6.07) is 3.73. The molecule has 28 heavy (non-hydrogen) atoms. The van der Waals surface area contributed by atoms with Crippen molar-refractivity contribution in [2.75, 3.05) is 44.0 Å². The number of aromatic nitrogens is 3. The standard InChI is InChI=1S/C19H23N7O2/c1-26(12-13-3-5-21-6-4-13)16-7-17(24-10-15(16)19(27)28-2)25-18-11-22-14(8-20)9-23-18/h7,9-11,13,21H,3-6,12H2,1-2H3,(H,23,24,25). The molecule has 1 aliphatic rings. The third kappa shape index (κ3) is 4.72. The molecule has 0 unspecified atom stereocenters. The van der Waals surface area contributed by atoms with Crippen molar-refractivity contribution in [3.63, 3.8) is 0 Å². The highest BCUT2D eigenvalue weighted by atomic mass is 16.5. The Morgan fingerprint density at radius 3 is 2.68 bits per heavy atom. The first-order valence-corrected chi connectivity index (χ1v) is 9.10. The van der Waals surface area contributed by atoms with Crippen molar-refractivity contribution in [1.82, 2.24) is 20.3 Å². The Bertz CT molecular complexity index is 858. The predicted molar refractivity (Wildman–Crippen MR) is 104 cm³/mol. The van der Waals surface area contributed by atoms with Crippen molar-refractivity contribution in [2.24, 2.45) is 5.92 Å². The van der Waals surface area contributed by atoms with Gasteiger partial charge in [0.05, 0.1) is 25.2 Å². The minimum absolute atomic E-state index is 0.238. The number of esters is 1. The largest absolute Gasteiger partial charge is 0.465 e. The Hall–Kier alpha value is -3.25. The molecule has 146 valence electrons. The lowest BCUT2D eigenvalue weighted by molar-refractivity contribution is 0.0601. The number of ether oxygens (including phenoxy) is 1. The first-order chi connectivity index (χ1) is 13.6. The van der Waals surface area contributed by atoms with Gasteiger partial charge in [0.2, 0.25) is 0 Å². The summed E-state index contributed by atoms with van der Waals surface area (Å²) in [6.07, 6.45) is 6.56. The Labute approximate surface area is 163 Å². The molecule has 0 aromatic carbocycles. The van der Waals surface area contributed by atoms with Crippen LogP contribution in [-0.2, 0) is 4.74 Å². The lowest BCUT2D eigenvalue weighted by atomic mass is 9.97. The van der Waals surface area contributed by atoms with E-state index in [1.54, 1.807) is 6.07 Å². The summed E-state index contributed by atoms with van der Waals surface area (Å²) in [6.45, 7) is 2.87. The van der Waals surface area contributed by atoms with Crippen LogP contribution < -0.4 is 15.5 Å². The van der Waals surface area contributed by atoms with Crippen molar-refractivity contribution in [2.45, 2.75) is 12.8 Å². The van der Waals surface area contributed by atoms with Crippen molar-refractivity contribution in [1.29, 1.82) is 5.26 Å². The molecule has 0 radical (unpaired) electrons. The minimum Gasteiger partial charge on any atom is -0.465 e. The fourth-order valence-corrected chi connectivity index (χ4v) is 3.23. The van der Waals surface area contributed by atoms with E-state index in [2.05, 4.69) is 30.5 Å². The molecule has 9 heteroatoms. The van der Waals surface area contributed by atoms with Gasteiger partial charge in [-0.15, -0.1) is 0 Å². The molecule has 1 fully saturated rings. The number of nitrogens with zero attached hydrogens (tertiary/aromatic N) is 5. The molecule has 3 rings (SSSR count). The van der Waals surface area contributed by atoms with E-state index in [0.29, 0.717) is 23.1 Å². The van der Waals surface area contributed by atoms with E-state index in [0.717, 1.165) is 38.2 Å². The molecule has 0 saturated carbocycles. The zero-order valence-electron chi connectivity index (χ0n) is 16.0. The molecule has 0 amide bonds. The lowest BCUT2D eigenvalue weighted by Gasteiger charge is -2.29. The van der Waals surface area contributed by atoms with Crippen LogP contribution in [0.5, 0.6) is 0 Å². The molecule has 0 atom stereocenters. The molecular weight excluding hydrogens is 358 g/mol. The topological polar surface area (TPSA) is 116 Å². The molecule has 1 saturated heterocycles. The molecule has 2 aromatic heterocycles. The molecule has 0 spiro atoms. The first-order valence-electron chi connectivity index (χ1n) is 9.10. The normalized spacial score (nSPS) is 14.2. The van der Waals surface area contributed by atoms with Crippen LogP contribution in [-0.4, -0.2) is 54.7 Å². The van der Waals surface area contributed by atoms with Crippen LogP contribution in [0.15, 0.2) is 24.7 Å². The summed E-state index contributed by atoms with van der Waals surface area (Å²) in [7, 11) is 3.33. The number of carbonyl (C=O) groups is 1. The second-order valence-corrected chi connectivity index (χ2v) is 6.68. The van der Waals surface area contributed by atoms with Gasteiger partial charge in [-0.25, -0.2) is 19.7 Å². The second-order valence-electron chi connectivity index (χ2n) is 6.68. The third-order valence-electron chi connectivity index (χ3n) is 4.71. The third-order valence-corrected chi connectivity index (χ3v) is 4.71. The van der Waals surface area contributed by atoms with Crippen molar-refractivity contribution < 1.29 is 9.53 Å². The summed E-state index contributed by atoms with van der Waals surface area (Å²) in [5.74, 6) is 1.12. The summed E-state index contributed by atoms with van der Waals surface area (Å²) >= 11 is 0. The Kier molecular flexibility index (Phi) is 6.34. The van der Waals surface area contributed by atoms with E-state index in [4.69, 9.17) is 10.00 Å². The van der Waals surface area contributed by atoms with E-state index in [-0.39, 0.29) is 5.69 Å². The first kappa shape index (κ1) is 19.5. The Balaban J connectivity index is 1.83. The SMILES string of the molecule is COC(=O)c1cnc(Nc2cnc(C#N)cn2)cc1N(C)CC1CCNCC1. The molecular formula is C19H23N7O2. The fraction of sp³-hybridized carbons (Fsp3) is 0.421. The maximum atomic E-state index is 12.2. The smallest absolute Gasteiger partial charge is 0.341 e. The van der Waals surface area contributed by atoms with Gasteiger partial charge in [-0.1, -0.05) is 0 Å². The monoisotopic (exact) mass is 381 g/mol. The van der Waals surface area contributed by atoms with Gasteiger partial charge in [-0.2, -0.15) is 5.26 Å². The number of carbonyl (C=O) groups excluding carboxylic acids is 1. The number of rotatable bonds is 6. The van der Waals surface area contributed by atoms with Crippen LogP contribution in [0.1, 0.15) is 28.9 Å². The molecule has 3 heterocycles.